The highest BCUT2D eigenvalue weighted by atomic mass is 127. The van der Waals surface area contributed by atoms with Crippen molar-refractivity contribution in [3.63, 3.8) is 0 Å². The highest BCUT2D eigenvalue weighted by Crippen LogP contribution is 2.41. The number of fused-ring (bicyclic) bond motifs is 2. The van der Waals surface area contributed by atoms with Crippen molar-refractivity contribution < 1.29 is 9.90 Å². The molecule has 1 unspecified atom stereocenters. The van der Waals surface area contributed by atoms with Crippen LogP contribution in [0, 0.1) is 2.88 Å². The second-order valence-corrected chi connectivity index (χ2v) is 14.1. The molecule has 1 atom stereocenters. The summed E-state index contributed by atoms with van der Waals surface area (Å²) in [6.07, 6.45) is 5.15. The SMILES string of the molecule is C[Si]1(c2ccccc2)C2=CC(=O)C=CC2=Nc2ccc(O)c(-c3ccc(I)s3)c21. The fourth-order valence-corrected chi connectivity index (χ4v) is 10.2. The highest BCUT2D eigenvalue weighted by molar-refractivity contribution is 14.1. The molecule has 0 spiro atoms. The predicted octanol–water partition coefficient (Wildman–Crippen LogP) is 4.61. The molecule has 0 radical (unpaired) electrons. The van der Waals surface area contributed by atoms with Gasteiger partial charge in [0.1, 0.15) is 5.75 Å². The summed E-state index contributed by atoms with van der Waals surface area (Å²) in [6.45, 7) is 2.26. The van der Waals surface area contributed by atoms with Gasteiger partial charge in [0.2, 0.25) is 0 Å². The van der Waals surface area contributed by atoms with Crippen LogP contribution in [-0.2, 0) is 4.79 Å². The zero-order chi connectivity index (χ0) is 20.2. The molecular formula is C23H16INO2SSi. The molecule has 142 valence electrons. The fraction of sp³-hybridized carbons (Fsp3) is 0.0435. The number of carbonyl (C=O) groups excluding carboxylic acids is 1. The largest absolute Gasteiger partial charge is 0.507 e. The third-order valence-corrected chi connectivity index (χ3v) is 12.0. The minimum atomic E-state index is -2.58. The number of ketones is 1. The molecule has 29 heavy (non-hydrogen) atoms. The molecular weight excluding hydrogens is 509 g/mol. The maximum Gasteiger partial charge on any atom is 0.178 e. The van der Waals surface area contributed by atoms with Crippen LogP contribution in [0.15, 0.2) is 83.0 Å². The molecule has 2 heterocycles. The van der Waals surface area contributed by atoms with Crippen molar-refractivity contribution in [1.29, 1.82) is 0 Å². The number of nitrogens with zero attached hydrogens (tertiary/aromatic N) is 1. The third kappa shape index (κ3) is 2.89. The van der Waals surface area contributed by atoms with E-state index >= 15 is 0 Å². The number of aromatic hydroxyl groups is 1. The number of thiophene rings is 1. The summed E-state index contributed by atoms with van der Waals surface area (Å²) in [5.41, 5.74) is 2.58. The Hall–Kier alpha value is -2.29. The molecule has 3 nitrogen and oxygen atoms in total. The van der Waals surface area contributed by atoms with Crippen LogP contribution in [0.2, 0.25) is 6.55 Å². The highest BCUT2D eigenvalue weighted by Gasteiger charge is 2.45. The Morgan fingerprint density at radius 1 is 1.03 bits per heavy atom. The summed E-state index contributed by atoms with van der Waals surface area (Å²) in [7, 11) is -2.58. The molecule has 3 aromatic rings. The van der Waals surface area contributed by atoms with Gasteiger partial charge in [-0.25, -0.2) is 4.99 Å². The number of hydrogen-bond donors (Lipinski definition) is 1. The average molecular weight is 525 g/mol. The summed E-state index contributed by atoms with van der Waals surface area (Å²) in [5.74, 6) is 0.248. The molecule has 2 aromatic carbocycles. The van der Waals surface area contributed by atoms with E-state index < -0.39 is 8.07 Å². The van der Waals surface area contributed by atoms with Crippen LogP contribution in [0.1, 0.15) is 0 Å². The molecule has 1 aliphatic heterocycles. The molecule has 1 aromatic heterocycles. The topological polar surface area (TPSA) is 49.7 Å². The number of hydrogen-bond acceptors (Lipinski definition) is 4. The minimum Gasteiger partial charge on any atom is -0.507 e. The van der Waals surface area contributed by atoms with Crippen molar-refractivity contribution in [2.45, 2.75) is 6.55 Å². The van der Waals surface area contributed by atoms with E-state index in [0.717, 1.165) is 35.1 Å². The number of benzene rings is 2. The summed E-state index contributed by atoms with van der Waals surface area (Å²) >= 11 is 3.96. The van der Waals surface area contributed by atoms with Crippen LogP contribution in [-0.4, -0.2) is 24.7 Å². The number of allylic oxidation sites excluding steroid dienone is 4. The molecule has 0 bridgehead atoms. The Balaban J connectivity index is 1.92. The smallest absolute Gasteiger partial charge is 0.178 e. The number of phenolic OH excluding ortho intramolecular Hbond substituents is 1. The van der Waals surface area contributed by atoms with Crippen molar-refractivity contribution in [3.05, 3.63) is 80.9 Å². The number of aliphatic imine (C=N–C) groups is 1. The second-order valence-electron chi connectivity index (χ2n) is 7.24. The average Bonchev–Trinajstić information content (AvgIpc) is 3.15. The van der Waals surface area contributed by atoms with Crippen molar-refractivity contribution in [3.8, 4) is 16.2 Å². The quantitative estimate of drug-likeness (QED) is 0.302. The summed E-state index contributed by atoms with van der Waals surface area (Å²) < 4.78 is 1.16. The van der Waals surface area contributed by atoms with Crippen LogP contribution in [0.25, 0.3) is 10.4 Å². The maximum absolute atomic E-state index is 12.3. The number of carbonyl (C=O) groups is 1. The molecule has 1 N–H and O–H groups in total. The Labute approximate surface area is 187 Å². The van der Waals surface area contributed by atoms with E-state index in [1.165, 1.54) is 5.19 Å². The van der Waals surface area contributed by atoms with Crippen LogP contribution >= 0.6 is 33.9 Å². The van der Waals surface area contributed by atoms with E-state index in [-0.39, 0.29) is 11.5 Å². The first-order valence-corrected chi connectivity index (χ1v) is 13.6. The van der Waals surface area contributed by atoms with E-state index in [4.69, 9.17) is 4.99 Å². The van der Waals surface area contributed by atoms with E-state index in [1.54, 1.807) is 29.6 Å². The molecule has 0 saturated carbocycles. The monoisotopic (exact) mass is 525 g/mol. The molecule has 0 fully saturated rings. The van der Waals surface area contributed by atoms with Gasteiger partial charge in [-0.3, -0.25) is 4.79 Å². The van der Waals surface area contributed by atoms with Gasteiger partial charge in [0.05, 0.1) is 14.3 Å². The van der Waals surface area contributed by atoms with Crippen LogP contribution in [0.5, 0.6) is 5.75 Å². The minimum absolute atomic E-state index is 0.00979. The predicted molar refractivity (Wildman–Crippen MR) is 131 cm³/mol. The van der Waals surface area contributed by atoms with Crippen LogP contribution < -0.4 is 10.4 Å². The Morgan fingerprint density at radius 3 is 2.55 bits per heavy atom. The van der Waals surface area contributed by atoms with Gasteiger partial charge in [-0.05, 0) is 80.7 Å². The van der Waals surface area contributed by atoms with Gasteiger partial charge in [0.15, 0.2) is 13.9 Å². The van der Waals surface area contributed by atoms with Crippen molar-refractivity contribution in [2.24, 2.45) is 4.99 Å². The second kappa shape index (κ2) is 6.89. The lowest BCUT2D eigenvalue weighted by Crippen LogP contribution is -2.61. The lowest BCUT2D eigenvalue weighted by molar-refractivity contribution is -0.110. The normalized spacial score (nSPS) is 20.0. The maximum atomic E-state index is 12.3. The molecule has 0 amide bonds. The Morgan fingerprint density at radius 2 is 1.83 bits per heavy atom. The Bertz CT molecular complexity index is 1260. The molecule has 1 aliphatic carbocycles. The fourth-order valence-electron chi connectivity index (χ4n) is 4.23. The zero-order valence-electron chi connectivity index (χ0n) is 15.5. The first-order valence-electron chi connectivity index (χ1n) is 9.19. The number of rotatable bonds is 2. The van der Waals surface area contributed by atoms with E-state index in [1.807, 2.05) is 30.3 Å². The van der Waals surface area contributed by atoms with Crippen LogP contribution in [0.3, 0.4) is 0 Å². The molecule has 6 heteroatoms. The van der Waals surface area contributed by atoms with Crippen molar-refractivity contribution in [1.82, 2.24) is 0 Å². The third-order valence-electron chi connectivity index (χ3n) is 5.58. The van der Waals surface area contributed by atoms with Gasteiger partial charge in [-0.1, -0.05) is 36.9 Å². The van der Waals surface area contributed by atoms with Gasteiger partial charge < -0.3 is 5.11 Å². The lowest BCUT2D eigenvalue weighted by Gasteiger charge is -2.38. The van der Waals surface area contributed by atoms with Crippen molar-refractivity contribution in [2.75, 3.05) is 0 Å². The molecule has 2 aliphatic rings. The van der Waals surface area contributed by atoms with Gasteiger partial charge >= 0.3 is 0 Å². The molecule has 5 rings (SSSR count). The summed E-state index contributed by atoms with van der Waals surface area (Å²) in [5, 5.41) is 14.2. The zero-order valence-corrected chi connectivity index (χ0v) is 19.5. The van der Waals surface area contributed by atoms with Gasteiger partial charge in [-0.15, -0.1) is 11.3 Å². The standard InChI is InChI=1S/C23H16INO2SSi/c1-29(15-5-3-2-4-6-15)20-13-14(26)7-8-16(20)25-17-9-10-18(27)22(23(17)29)19-11-12-21(24)28-19/h2-13,27H,1H3. The Kier molecular flexibility index (Phi) is 4.45. The van der Waals surface area contributed by atoms with E-state index in [2.05, 4.69) is 53.4 Å². The first kappa shape index (κ1) is 18.7. The number of phenols is 1. The molecule has 0 saturated heterocycles. The lowest BCUT2D eigenvalue weighted by atomic mass is 10.1. The van der Waals surface area contributed by atoms with E-state index in [0.29, 0.717) is 0 Å². The number of halogens is 1. The summed E-state index contributed by atoms with van der Waals surface area (Å²) in [6, 6.07) is 18.1. The van der Waals surface area contributed by atoms with Gasteiger partial charge in [0, 0.05) is 10.4 Å². The van der Waals surface area contributed by atoms with Gasteiger partial charge in [-0.2, -0.15) is 0 Å². The van der Waals surface area contributed by atoms with Crippen molar-refractivity contribution >= 4 is 69.6 Å². The summed E-state index contributed by atoms with van der Waals surface area (Å²) in [4.78, 5) is 18.2. The van der Waals surface area contributed by atoms with Gasteiger partial charge in [0.25, 0.3) is 0 Å². The van der Waals surface area contributed by atoms with E-state index in [9.17, 15) is 9.90 Å². The van der Waals surface area contributed by atoms with Crippen LogP contribution in [0.4, 0.5) is 5.69 Å². The first-order chi connectivity index (χ1) is 14.0.